The fourth-order valence-corrected chi connectivity index (χ4v) is 4.67. The highest BCUT2D eigenvalue weighted by Crippen LogP contribution is 2.27. The van der Waals surface area contributed by atoms with E-state index >= 15 is 0 Å². The maximum absolute atomic E-state index is 13.6. The molecule has 0 aromatic heterocycles. The third kappa shape index (κ3) is 8.59. The van der Waals surface area contributed by atoms with E-state index in [9.17, 15) is 18.0 Å². The van der Waals surface area contributed by atoms with E-state index in [1.54, 1.807) is 31.2 Å². The zero-order valence-corrected chi connectivity index (χ0v) is 23.0. The number of benzene rings is 2. The molecule has 0 spiro atoms. The molecule has 0 radical (unpaired) electrons. The molecule has 0 saturated carbocycles. The van der Waals surface area contributed by atoms with Crippen LogP contribution in [0.25, 0.3) is 0 Å². The molecule has 0 aliphatic heterocycles. The van der Waals surface area contributed by atoms with Gasteiger partial charge in [-0.15, -0.1) is 0 Å². The Morgan fingerprint density at radius 3 is 2.20 bits per heavy atom. The number of sulfonamides is 1. The van der Waals surface area contributed by atoms with Gasteiger partial charge in [-0.3, -0.25) is 13.9 Å². The van der Waals surface area contributed by atoms with Crippen molar-refractivity contribution in [1.82, 2.24) is 10.2 Å². The minimum Gasteiger partial charge on any atom is -0.497 e. The van der Waals surface area contributed by atoms with Crippen molar-refractivity contribution in [2.75, 3.05) is 24.2 Å². The second-order valence-corrected chi connectivity index (χ2v) is 12.0. The highest BCUT2D eigenvalue weighted by Gasteiger charge is 2.31. The number of carbonyl (C=O) groups is 2. The van der Waals surface area contributed by atoms with Crippen LogP contribution in [-0.4, -0.2) is 56.6 Å². The van der Waals surface area contributed by atoms with Crippen LogP contribution >= 0.6 is 23.2 Å². The Balaban J connectivity index is 2.45. The summed E-state index contributed by atoms with van der Waals surface area (Å²) in [6.07, 6.45) is 0.983. The van der Waals surface area contributed by atoms with Gasteiger partial charge in [-0.1, -0.05) is 35.3 Å². The van der Waals surface area contributed by atoms with Crippen molar-refractivity contribution in [3.63, 3.8) is 0 Å². The van der Waals surface area contributed by atoms with Gasteiger partial charge < -0.3 is 15.0 Å². The quantitative estimate of drug-likeness (QED) is 0.513. The largest absolute Gasteiger partial charge is 0.497 e. The summed E-state index contributed by atoms with van der Waals surface area (Å²) in [5.41, 5.74) is 0.336. The summed E-state index contributed by atoms with van der Waals surface area (Å²) < 4.78 is 31.4. The van der Waals surface area contributed by atoms with Crippen molar-refractivity contribution in [3.05, 3.63) is 58.1 Å². The van der Waals surface area contributed by atoms with E-state index in [1.165, 1.54) is 30.2 Å². The molecule has 0 unspecified atom stereocenters. The Morgan fingerprint density at radius 1 is 1.09 bits per heavy atom. The lowest BCUT2D eigenvalue weighted by Gasteiger charge is -2.33. The van der Waals surface area contributed by atoms with Crippen molar-refractivity contribution in [2.24, 2.45) is 0 Å². The third-order valence-electron chi connectivity index (χ3n) is 4.97. The van der Waals surface area contributed by atoms with E-state index in [2.05, 4.69) is 5.32 Å². The van der Waals surface area contributed by atoms with Crippen molar-refractivity contribution in [1.29, 1.82) is 0 Å². The van der Waals surface area contributed by atoms with Gasteiger partial charge in [0.05, 0.1) is 19.1 Å². The van der Waals surface area contributed by atoms with Gasteiger partial charge in [-0.05, 0) is 63.6 Å². The van der Waals surface area contributed by atoms with Gasteiger partial charge in [0.15, 0.2) is 0 Å². The smallest absolute Gasteiger partial charge is 0.244 e. The molecule has 0 heterocycles. The first-order chi connectivity index (χ1) is 16.1. The van der Waals surface area contributed by atoms with E-state index in [4.69, 9.17) is 27.9 Å². The number of ether oxygens (including phenoxy) is 1. The first-order valence-electron chi connectivity index (χ1n) is 10.8. The fraction of sp³-hybridized carbons (Fsp3) is 0.417. The van der Waals surface area contributed by atoms with Crippen molar-refractivity contribution >= 4 is 50.7 Å². The van der Waals surface area contributed by atoms with E-state index in [0.29, 0.717) is 11.3 Å². The maximum atomic E-state index is 13.6. The van der Waals surface area contributed by atoms with Gasteiger partial charge in [-0.2, -0.15) is 0 Å². The lowest BCUT2D eigenvalue weighted by atomic mass is 10.1. The standard InChI is InChI=1S/C24H31Cl2N3O5S/c1-16(23(31)27-24(2,3)4)28(14-17-8-7-9-21(10-17)34-5)22(30)15-29(35(6,32)33)20-12-18(25)11-19(26)13-20/h7-13,16H,14-15H2,1-6H3,(H,27,31)/t16-/m1/s1. The lowest BCUT2D eigenvalue weighted by molar-refractivity contribution is -0.140. The zero-order chi connectivity index (χ0) is 26.6. The molecule has 192 valence electrons. The minimum absolute atomic E-state index is 0.0582. The summed E-state index contributed by atoms with van der Waals surface area (Å²) in [7, 11) is -2.36. The third-order valence-corrected chi connectivity index (χ3v) is 6.54. The monoisotopic (exact) mass is 543 g/mol. The van der Waals surface area contributed by atoms with Crippen LogP contribution in [0.2, 0.25) is 10.0 Å². The summed E-state index contributed by atoms with van der Waals surface area (Å²) in [5.74, 6) is -0.357. The normalized spacial score (nSPS) is 12.6. The zero-order valence-electron chi connectivity index (χ0n) is 20.6. The topological polar surface area (TPSA) is 96.0 Å². The highest BCUT2D eigenvalue weighted by atomic mass is 35.5. The van der Waals surface area contributed by atoms with Gasteiger partial charge in [-0.25, -0.2) is 8.42 Å². The van der Waals surface area contributed by atoms with E-state index in [-0.39, 0.29) is 28.2 Å². The average molecular weight is 545 g/mol. The number of hydrogen-bond donors (Lipinski definition) is 1. The van der Waals surface area contributed by atoms with Gasteiger partial charge >= 0.3 is 0 Å². The Kier molecular flexibility index (Phi) is 9.44. The molecule has 0 saturated heterocycles. The van der Waals surface area contributed by atoms with Crippen LogP contribution < -0.4 is 14.4 Å². The van der Waals surface area contributed by atoms with Crippen molar-refractivity contribution in [3.8, 4) is 5.75 Å². The molecule has 0 fully saturated rings. The first-order valence-corrected chi connectivity index (χ1v) is 13.4. The van der Waals surface area contributed by atoms with Crippen LogP contribution in [0.15, 0.2) is 42.5 Å². The van der Waals surface area contributed by atoms with Crippen molar-refractivity contribution in [2.45, 2.75) is 45.8 Å². The Morgan fingerprint density at radius 2 is 1.69 bits per heavy atom. The van der Waals surface area contributed by atoms with Crippen LogP contribution in [0, 0.1) is 0 Å². The summed E-state index contributed by atoms with van der Waals surface area (Å²) >= 11 is 12.1. The number of anilines is 1. The molecule has 8 nitrogen and oxygen atoms in total. The number of hydrogen-bond acceptors (Lipinski definition) is 5. The molecular formula is C24H31Cl2N3O5S. The maximum Gasteiger partial charge on any atom is 0.244 e. The second-order valence-electron chi connectivity index (χ2n) is 9.19. The predicted molar refractivity (Wildman–Crippen MR) is 140 cm³/mol. The SMILES string of the molecule is COc1cccc(CN(C(=O)CN(c2cc(Cl)cc(Cl)c2)S(C)(=O)=O)[C@H](C)C(=O)NC(C)(C)C)c1. The number of rotatable bonds is 9. The number of nitrogens with zero attached hydrogens (tertiary/aromatic N) is 2. The number of halogens is 2. The molecule has 11 heteroatoms. The van der Waals surface area contributed by atoms with Gasteiger partial charge in [0, 0.05) is 22.1 Å². The molecule has 2 rings (SSSR count). The van der Waals surface area contributed by atoms with Crippen LogP contribution in [0.3, 0.4) is 0 Å². The number of carbonyl (C=O) groups excluding carboxylic acids is 2. The molecule has 1 atom stereocenters. The Labute approximate surface area is 217 Å². The minimum atomic E-state index is -3.89. The van der Waals surface area contributed by atoms with E-state index < -0.39 is 34.1 Å². The average Bonchev–Trinajstić information content (AvgIpc) is 2.72. The van der Waals surface area contributed by atoms with Crippen LogP contribution in [-0.2, 0) is 26.2 Å². The molecule has 2 amide bonds. The van der Waals surface area contributed by atoms with Crippen LogP contribution in [0.4, 0.5) is 5.69 Å². The van der Waals surface area contributed by atoms with Crippen LogP contribution in [0.5, 0.6) is 5.75 Å². The van der Waals surface area contributed by atoms with Crippen molar-refractivity contribution < 1.29 is 22.7 Å². The number of methoxy groups -OCH3 is 1. The summed E-state index contributed by atoms with van der Waals surface area (Å²) in [5, 5.41) is 3.31. The van der Waals surface area contributed by atoms with Gasteiger partial charge in [0.2, 0.25) is 21.8 Å². The number of nitrogens with one attached hydrogen (secondary N) is 1. The molecular weight excluding hydrogens is 513 g/mol. The first kappa shape index (κ1) is 28.7. The predicted octanol–water partition coefficient (Wildman–Crippen LogP) is 4.10. The Hall–Kier alpha value is -2.49. The second kappa shape index (κ2) is 11.5. The fourth-order valence-electron chi connectivity index (χ4n) is 3.32. The lowest BCUT2D eigenvalue weighted by Crippen LogP contribution is -2.54. The molecule has 0 aliphatic rings. The van der Waals surface area contributed by atoms with Gasteiger partial charge in [0.1, 0.15) is 18.3 Å². The Bertz CT molecular complexity index is 1160. The molecule has 0 aliphatic carbocycles. The van der Waals surface area contributed by atoms with E-state index in [0.717, 1.165) is 10.6 Å². The number of amides is 2. The molecule has 2 aromatic carbocycles. The molecule has 0 bridgehead atoms. The highest BCUT2D eigenvalue weighted by molar-refractivity contribution is 7.92. The summed E-state index contributed by atoms with van der Waals surface area (Å²) in [6, 6.07) is 10.5. The van der Waals surface area contributed by atoms with Gasteiger partial charge in [0.25, 0.3) is 0 Å². The summed E-state index contributed by atoms with van der Waals surface area (Å²) in [6.45, 7) is 6.61. The molecule has 2 aromatic rings. The summed E-state index contributed by atoms with van der Waals surface area (Å²) in [4.78, 5) is 27.9. The molecule has 1 N–H and O–H groups in total. The molecule has 35 heavy (non-hydrogen) atoms. The van der Waals surface area contributed by atoms with E-state index in [1.807, 2.05) is 20.8 Å². The van der Waals surface area contributed by atoms with Crippen LogP contribution in [0.1, 0.15) is 33.3 Å².